The van der Waals surface area contributed by atoms with E-state index >= 15 is 0 Å². The van der Waals surface area contributed by atoms with Gasteiger partial charge in [0.05, 0.1) is 11.2 Å². The van der Waals surface area contributed by atoms with Gasteiger partial charge in [-0.05, 0) is 12.8 Å². The van der Waals surface area contributed by atoms with Crippen LogP contribution in [0.2, 0.25) is 5.02 Å². The van der Waals surface area contributed by atoms with Crippen molar-refractivity contribution in [1.29, 1.82) is 0 Å². The minimum absolute atomic E-state index is 0.614. The van der Waals surface area contributed by atoms with Crippen molar-refractivity contribution in [3.05, 3.63) is 23.5 Å². The molecule has 0 amide bonds. The molecule has 0 saturated heterocycles. The van der Waals surface area contributed by atoms with Crippen molar-refractivity contribution >= 4 is 11.6 Å². The first kappa shape index (κ1) is 12.7. The molecule has 1 aliphatic carbocycles. The lowest BCUT2D eigenvalue weighted by Gasteiger charge is -2.22. The molecule has 1 saturated carbocycles. The Kier molecular flexibility index (Phi) is 5.08. The second kappa shape index (κ2) is 6.82. The number of hydrogen-bond donors (Lipinski definition) is 1. The van der Waals surface area contributed by atoms with E-state index in [1.54, 1.807) is 18.5 Å². The molecule has 2 rings (SSSR count). The lowest BCUT2D eigenvalue weighted by Crippen LogP contribution is -2.34. The molecule has 0 aromatic carbocycles. The first-order valence-corrected chi connectivity index (χ1v) is 6.69. The third-order valence-electron chi connectivity index (χ3n) is 3.09. The molecule has 1 N–H and O–H groups in total. The van der Waals surface area contributed by atoms with Crippen molar-refractivity contribution in [3.8, 4) is 5.75 Å². The molecule has 0 radical (unpaired) electrons. The van der Waals surface area contributed by atoms with Gasteiger partial charge in [-0.25, -0.2) is 0 Å². The lowest BCUT2D eigenvalue weighted by molar-refractivity contribution is 0.288. The quantitative estimate of drug-likeness (QED) is 0.821. The molecule has 94 valence electrons. The lowest BCUT2D eigenvalue weighted by atomic mass is 9.96. The molecule has 0 unspecified atom stereocenters. The minimum atomic E-state index is 0.614. The molecule has 0 bridgehead atoms. The van der Waals surface area contributed by atoms with E-state index in [1.165, 1.54) is 32.1 Å². The van der Waals surface area contributed by atoms with Gasteiger partial charge in [-0.2, -0.15) is 0 Å². The van der Waals surface area contributed by atoms with E-state index in [9.17, 15) is 0 Å². The minimum Gasteiger partial charge on any atom is -0.491 e. The molecule has 1 heterocycles. The predicted octanol–water partition coefficient (Wildman–Crippen LogP) is 3.04. The highest BCUT2D eigenvalue weighted by Crippen LogP contribution is 2.17. The van der Waals surface area contributed by atoms with Crippen LogP contribution in [0.15, 0.2) is 18.5 Å². The fourth-order valence-electron chi connectivity index (χ4n) is 2.21. The van der Waals surface area contributed by atoms with Crippen LogP contribution in [0.4, 0.5) is 0 Å². The molecule has 3 nitrogen and oxygen atoms in total. The van der Waals surface area contributed by atoms with Crippen LogP contribution < -0.4 is 10.1 Å². The Labute approximate surface area is 108 Å². The molecule has 4 heteroatoms. The van der Waals surface area contributed by atoms with Crippen LogP contribution in [0.25, 0.3) is 0 Å². The predicted molar refractivity (Wildman–Crippen MR) is 69.6 cm³/mol. The van der Waals surface area contributed by atoms with Crippen LogP contribution in [-0.4, -0.2) is 24.2 Å². The largest absolute Gasteiger partial charge is 0.491 e. The zero-order valence-electron chi connectivity index (χ0n) is 9.99. The van der Waals surface area contributed by atoms with Gasteiger partial charge in [0.15, 0.2) is 0 Å². The summed E-state index contributed by atoms with van der Waals surface area (Å²) in [7, 11) is 0. The summed E-state index contributed by atoms with van der Waals surface area (Å²) in [4.78, 5) is 3.98. The molecular formula is C13H19ClN2O. The molecule has 0 spiro atoms. The van der Waals surface area contributed by atoms with E-state index in [1.807, 2.05) is 0 Å². The molecule has 0 atom stereocenters. The van der Waals surface area contributed by atoms with Gasteiger partial charge in [0.1, 0.15) is 12.4 Å². The second-order valence-electron chi connectivity index (χ2n) is 4.48. The number of ether oxygens (including phenoxy) is 1. The Hall–Kier alpha value is -0.800. The topological polar surface area (TPSA) is 34.1 Å². The van der Waals surface area contributed by atoms with Crippen molar-refractivity contribution < 1.29 is 4.74 Å². The first-order valence-electron chi connectivity index (χ1n) is 6.31. The van der Waals surface area contributed by atoms with Crippen LogP contribution >= 0.6 is 11.6 Å². The van der Waals surface area contributed by atoms with Crippen LogP contribution in [-0.2, 0) is 0 Å². The summed E-state index contributed by atoms with van der Waals surface area (Å²) < 4.78 is 5.57. The maximum atomic E-state index is 5.82. The number of halogens is 1. The number of nitrogens with one attached hydrogen (secondary N) is 1. The molecule has 1 aromatic rings. The number of hydrogen-bond acceptors (Lipinski definition) is 3. The zero-order chi connectivity index (χ0) is 11.9. The SMILES string of the molecule is Clc1cncc(OCCNC2CCCCC2)c1. The molecule has 1 fully saturated rings. The average Bonchev–Trinajstić information content (AvgIpc) is 2.36. The standard InChI is InChI=1S/C13H19ClN2O/c14-11-8-13(10-15-9-11)17-7-6-16-12-4-2-1-3-5-12/h8-10,12,16H,1-7H2. The Morgan fingerprint density at radius 2 is 2.12 bits per heavy atom. The van der Waals surface area contributed by atoms with Gasteiger partial charge in [-0.1, -0.05) is 30.9 Å². The Bertz CT molecular complexity index is 340. The van der Waals surface area contributed by atoms with Gasteiger partial charge in [-0.3, -0.25) is 4.98 Å². The maximum absolute atomic E-state index is 5.82. The summed E-state index contributed by atoms with van der Waals surface area (Å²) >= 11 is 5.82. The van der Waals surface area contributed by atoms with E-state index in [0.29, 0.717) is 17.7 Å². The molecule has 17 heavy (non-hydrogen) atoms. The van der Waals surface area contributed by atoms with Crippen molar-refractivity contribution in [1.82, 2.24) is 10.3 Å². The molecule has 0 aliphatic heterocycles. The Morgan fingerprint density at radius 1 is 1.29 bits per heavy atom. The van der Waals surface area contributed by atoms with Gasteiger partial charge in [0.2, 0.25) is 0 Å². The summed E-state index contributed by atoms with van der Waals surface area (Å²) in [5.74, 6) is 0.739. The van der Waals surface area contributed by atoms with Crippen LogP contribution in [0.3, 0.4) is 0 Å². The average molecular weight is 255 g/mol. The summed E-state index contributed by atoms with van der Waals surface area (Å²) in [5, 5.41) is 4.14. The van der Waals surface area contributed by atoms with Crippen molar-refractivity contribution in [3.63, 3.8) is 0 Å². The Morgan fingerprint density at radius 3 is 2.88 bits per heavy atom. The second-order valence-corrected chi connectivity index (χ2v) is 4.91. The smallest absolute Gasteiger partial charge is 0.139 e. The monoisotopic (exact) mass is 254 g/mol. The third-order valence-corrected chi connectivity index (χ3v) is 3.30. The number of aromatic nitrogens is 1. The zero-order valence-corrected chi connectivity index (χ0v) is 10.7. The summed E-state index contributed by atoms with van der Waals surface area (Å²) in [5.41, 5.74) is 0. The van der Waals surface area contributed by atoms with Gasteiger partial charge < -0.3 is 10.1 Å². The van der Waals surface area contributed by atoms with E-state index in [4.69, 9.17) is 16.3 Å². The van der Waals surface area contributed by atoms with Crippen molar-refractivity contribution in [2.45, 2.75) is 38.1 Å². The fraction of sp³-hybridized carbons (Fsp3) is 0.615. The van der Waals surface area contributed by atoms with E-state index < -0.39 is 0 Å². The van der Waals surface area contributed by atoms with Gasteiger partial charge in [-0.15, -0.1) is 0 Å². The molecule has 1 aliphatic rings. The summed E-state index contributed by atoms with van der Waals surface area (Å²) in [6.07, 6.45) is 10.0. The highest BCUT2D eigenvalue weighted by molar-refractivity contribution is 6.30. The Balaban J connectivity index is 1.62. The van der Waals surface area contributed by atoms with E-state index in [0.717, 1.165) is 12.3 Å². The van der Waals surface area contributed by atoms with Crippen molar-refractivity contribution in [2.75, 3.05) is 13.2 Å². The van der Waals surface area contributed by atoms with E-state index in [2.05, 4.69) is 10.3 Å². The van der Waals surface area contributed by atoms with Crippen LogP contribution in [0, 0.1) is 0 Å². The highest BCUT2D eigenvalue weighted by atomic mass is 35.5. The number of pyridine rings is 1. The molecular weight excluding hydrogens is 236 g/mol. The normalized spacial score (nSPS) is 17.0. The van der Waals surface area contributed by atoms with Crippen molar-refractivity contribution in [2.24, 2.45) is 0 Å². The van der Waals surface area contributed by atoms with Gasteiger partial charge >= 0.3 is 0 Å². The summed E-state index contributed by atoms with van der Waals surface area (Å²) in [6, 6.07) is 2.47. The highest BCUT2D eigenvalue weighted by Gasteiger charge is 2.11. The maximum Gasteiger partial charge on any atom is 0.139 e. The third kappa shape index (κ3) is 4.52. The van der Waals surface area contributed by atoms with Gasteiger partial charge in [0.25, 0.3) is 0 Å². The van der Waals surface area contributed by atoms with Crippen LogP contribution in [0.1, 0.15) is 32.1 Å². The van der Waals surface area contributed by atoms with Crippen LogP contribution in [0.5, 0.6) is 5.75 Å². The van der Waals surface area contributed by atoms with E-state index in [-0.39, 0.29) is 0 Å². The number of rotatable bonds is 5. The van der Waals surface area contributed by atoms with Gasteiger partial charge in [0, 0.05) is 24.8 Å². The molecule has 1 aromatic heterocycles. The summed E-state index contributed by atoms with van der Waals surface area (Å²) in [6.45, 7) is 1.55. The number of nitrogens with zero attached hydrogens (tertiary/aromatic N) is 1. The first-order chi connectivity index (χ1) is 8.34. The fourth-order valence-corrected chi connectivity index (χ4v) is 2.37.